The Balaban J connectivity index is 1.61. The van der Waals surface area contributed by atoms with Gasteiger partial charge < -0.3 is 14.6 Å². The number of carbonyl (C=O) groups excluding carboxylic acids is 1. The van der Waals surface area contributed by atoms with E-state index in [1.807, 2.05) is 59.5 Å². The predicted octanol–water partition coefficient (Wildman–Crippen LogP) is 5.41. The van der Waals surface area contributed by atoms with Crippen molar-refractivity contribution in [3.63, 3.8) is 0 Å². The first kappa shape index (κ1) is 22.6. The van der Waals surface area contributed by atoms with Crippen LogP contribution in [0.4, 0.5) is 0 Å². The van der Waals surface area contributed by atoms with Crippen LogP contribution in [0.2, 0.25) is 5.02 Å². The van der Waals surface area contributed by atoms with E-state index in [9.17, 15) is 4.79 Å². The maximum Gasteiger partial charge on any atom is 0.254 e. The number of hydrogen-bond acceptors (Lipinski definition) is 3. The summed E-state index contributed by atoms with van der Waals surface area (Å²) in [5, 5.41) is 4.03. The Labute approximate surface area is 205 Å². The van der Waals surface area contributed by atoms with E-state index >= 15 is 0 Å². The molecular formula is C28H29ClN4O. The highest BCUT2D eigenvalue weighted by Crippen LogP contribution is 2.32. The van der Waals surface area contributed by atoms with Gasteiger partial charge in [0.25, 0.3) is 5.91 Å². The molecule has 34 heavy (non-hydrogen) atoms. The van der Waals surface area contributed by atoms with Crippen molar-refractivity contribution in [3.05, 3.63) is 94.3 Å². The van der Waals surface area contributed by atoms with E-state index in [4.69, 9.17) is 16.6 Å². The number of aromatic nitrogens is 2. The number of nitrogens with one attached hydrogen (secondary N) is 1. The molecule has 1 fully saturated rings. The second-order valence-corrected chi connectivity index (χ2v) is 9.53. The van der Waals surface area contributed by atoms with Gasteiger partial charge >= 0.3 is 0 Å². The van der Waals surface area contributed by atoms with Crippen molar-refractivity contribution in [2.24, 2.45) is 0 Å². The van der Waals surface area contributed by atoms with Crippen LogP contribution in [0.15, 0.2) is 66.9 Å². The predicted molar refractivity (Wildman–Crippen MR) is 138 cm³/mol. The topological polar surface area (TPSA) is 49.6 Å². The minimum Gasteiger partial charge on any atom is -0.336 e. The zero-order chi connectivity index (χ0) is 23.7. The van der Waals surface area contributed by atoms with Gasteiger partial charge in [-0.05, 0) is 47.4 Å². The highest BCUT2D eigenvalue weighted by atomic mass is 35.5. The average Bonchev–Trinajstić information content (AvgIpc) is 3.22. The lowest BCUT2D eigenvalue weighted by molar-refractivity contribution is 0.0734. The maximum atomic E-state index is 13.5. The second-order valence-electron chi connectivity index (χ2n) is 9.09. The number of imidazole rings is 1. The lowest BCUT2D eigenvalue weighted by Crippen LogP contribution is -2.46. The van der Waals surface area contributed by atoms with Crippen molar-refractivity contribution >= 4 is 23.2 Å². The molecule has 0 unspecified atom stereocenters. The van der Waals surface area contributed by atoms with Crippen LogP contribution in [0.3, 0.4) is 0 Å². The molecule has 0 saturated carbocycles. The van der Waals surface area contributed by atoms with Crippen LogP contribution in [0, 0.1) is 0 Å². The molecular weight excluding hydrogens is 444 g/mol. The SMILES string of the molecule is CC(C)c1c(Cc2c(-c3ccc(Cl)cc3)nc3ccccn23)cccc1C(=O)N1CCNCC1. The molecule has 1 amide bonds. The van der Waals surface area contributed by atoms with Gasteiger partial charge in [-0.3, -0.25) is 4.79 Å². The lowest BCUT2D eigenvalue weighted by Gasteiger charge is -2.29. The van der Waals surface area contributed by atoms with Crippen LogP contribution in [0.1, 0.15) is 46.9 Å². The molecule has 1 aliphatic rings. The first-order chi connectivity index (χ1) is 16.5. The van der Waals surface area contributed by atoms with E-state index in [0.717, 1.165) is 65.5 Å². The number of halogens is 1. The summed E-state index contributed by atoms with van der Waals surface area (Å²) in [6.07, 6.45) is 2.74. The molecule has 0 bridgehead atoms. The summed E-state index contributed by atoms with van der Waals surface area (Å²) < 4.78 is 2.15. The number of fused-ring (bicyclic) bond motifs is 1. The molecule has 174 valence electrons. The summed E-state index contributed by atoms with van der Waals surface area (Å²) in [6, 6.07) is 20.0. The van der Waals surface area contributed by atoms with E-state index in [1.54, 1.807) is 0 Å². The first-order valence-electron chi connectivity index (χ1n) is 11.9. The Morgan fingerprint density at radius 1 is 1.03 bits per heavy atom. The molecule has 1 saturated heterocycles. The van der Waals surface area contributed by atoms with Gasteiger partial charge in [0.05, 0.1) is 11.4 Å². The van der Waals surface area contributed by atoms with Crippen molar-refractivity contribution in [3.8, 4) is 11.3 Å². The van der Waals surface area contributed by atoms with Crippen molar-refractivity contribution in [2.75, 3.05) is 26.2 Å². The minimum absolute atomic E-state index is 0.128. The third-order valence-corrected chi connectivity index (χ3v) is 6.76. The Kier molecular flexibility index (Phi) is 6.40. The van der Waals surface area contributed by atoms with Gasteiger partial charge in [0.1, 0.15) is 5.65 Å². The Hall–Kier alpha value is -3.15. The molecule has 5 nitrogen and oxygen atoms in total. The van der Waals surface area contributed by atoms with Crippen LogP contribution in [0.5, 0.6) is 0 Å². The molecule has 0 atom stereocenters. The minimum atomic E-state index is 0.128. The number of rotatable bonds is 5. The summed E-state index contributed by atoms with van der Waals surface area (Å²) in [7, 11) is 0. The molecule has 0 radical (unpaired) electrons. The molecule has 0 aliphatic carbocycles. The van der Waals surface area contributed by atoms with Gasteiger partial charge in [0, 0.05) is 54.9 Å². The third kappa shape index (κ3) is 4.33. The van der Waals surface area contributed by atoms with E-state index in [0.29, 0.717) is 11.4 Å². The summed E-state index contributed by atoms with van der Waals surface area (Å²) in [5.74, 6) is 0.347. The van der Waals surface area contributed by atoms with Crippen LogP contribution in [-0.2, 0) is 6.42 Å². The van der Waals surface area contributed by atoms with Crippen molar-refractivity contribution in [2.45, 2.75) is 26.2 Å². The van der Waals surface area contributed by atoms with E-state index in [-0.39, 0.29) is 11.8 Å². The van der Waals surface area contributed by atoms with Crippen LogP contribution < -0.4 is 5.32 Å². The number of carbonyl (C=O) groups is 1. The first-order valence-corrected chi connectivity index (χ1v) is 12.2. The van der Waals surface area contributed by atoms with Crippen LogP contribution >= 0.6 is 11.6 Å². The Morgan fingerprint density at radius 3 is 2.53 bits per heavy atom. The zero-order valence-corrected chi connectivity index (χ0v) is 20.3. The quantitative estimate of drug-likeness (QED) is 0.422. The number of nitrogens with zero attached hydrogens (tertiary/aromatic N) is 3. The summed E-state index contributed by atoms with van der Waals surface area (Å²) in [6.45, 7) is 7.51. The summed E-state index contributed by atoms with van der Waals surface area (Å²) in [4.78, 5) is 20.4. The third-order valence-electron chi connectivity index (χ3n) is 6.51. The molecule has 3 heterocycles. The molecule has 2 aromatic heterocycles. The van der Waals surface area contributed by atoms with Crippen molar-refractivity contribution in [1.82, 2.24) is 19.6 Å². The number of piperazine rings is 1. The molecule has 1 N–H and O–H groups in total. The number of amides is 1. The average molecular weight is 473 g/mol. The van der Waals surface area contributed by atoms with Gasteiger partial charge in [0.15, 0.2) is 0 Å². The van der Waals surface area contributed by atoms with Gasteiger partial charge in [-0.2, -0.15) is 0 Å². The normalized spacial score (nSPS) is 14.2. The Bertz CT molecular complexity index is 1320. The zero-order valence-electron chi connectivity index (χ0n) is 19.6. The van der Waals surface area contributed by atoms with E-state index in [1.165, 1.54) is 0 Å². The summed E-state index contributed by atoms with van der Waals surface area (Å²) in [5.41, 5.74) is 7.08. The number of pyridine rings is 1. The number of hydrogen-bond donors (Lipinski definition) is 1. The van der Waals surface area contributed by atoms with Gasteiger partial charge in [-0.1, -0.05) is 55.8 Å². The monoisotopic (exact) mass is 472 g/mol. The second kappa shape index (κ2) is 9.61. The summed E-state index contributed by atoms with van der Waals surface area (Å²) >= 11 is 6.15. The molecule has 0 spiro atoms. The van der Waals surface area contributed by atoms with Gasteiger partial charge in [0.2, 0.25) is 0 Å². The fraction of sp³-hybridized carbons (Fsp3) is 0.286. The van der Waals surface area contributed by atoms with Gasteiger partial charge in [-0.15, -0.1) is 0 Å². The Morgan fingerprint density at radius 2 is 1.79 bits per heavy atom. The number of benzene rings is 2. The maximum absolute atomic E-state index is 13.5. The smallest absolute Gasteiger partial charge is 0.254 e. The molecule has 2 aromatic carbocycles. The van der Waals surface area contributed by atoms with Crippen LogP contribution in [0.25, 0.3) is 16.9 Å². The lowest BCUT2D eigenvalue weighted by atomic mass is 9.88. The molecule has 1 aliphatic heterocycles. The van der Waals surface area contributed by atoms with Crippen molar-refractivity contribution < 1.29 is 4.79 Å². The highest BCUT2D eigenvalue weighted by Gasteiger charge is 2.24. The highest BCUT2D eigenvalue weighted by molar-refractivity contribution is 6.30. The van der Waals surface area contributed by atoms with Crippen LogP contribution in [-0.4, -0.2) is 46.4 Å². The largest absolute Gasteiger partial charge is 0.336 e. The molecule has 6 heteroatoms. The molecule has 5 rings (SSSR count). The van der Waals surface area contributed by atoms with E-state index < -0.39 is 0 Å². The molecule has 4 aromatic rings. The van der Waals surface area contributed by atoms with Gasteiger partial charge in [-0.25, -0.2) is 4.98 Å². The fourth-order valence-electron chi connectivity index (χ4n) is 4.91. The fourth-order valence-corrected chi connectivity index (χ4v) is 5.03. The standard InChI is InChI=1S/C28H29ClN4O/c1-19(2)26-21(6-5-7-23(26)28(34)32-16-13-30-14-17-32)18-24-27(20-9-11-22(29)12-10-20)31-25-8-3-4-15-33(24)25/h3-12,15,19,30H,13-14,16-18H2,1-2H3. The van der Waals surface area contributed by atoms with Crippen molar-refractivity contribution in [1.29, 1.82) is 0 Å². The van der Waals surface area contributed by atoms with E-state index in [2.05, 4.69) is 35.8 Å².